The van der Waals surface area contributed by atoms with Gasteiger partial charge in [-0.2, -0.15) is 43.9 Å². The fourth-order valence-corrected chi connectivity index (χ4v) is 1.64. The molecule has 0 heterocycles. The normalized spacial score (nSPS) is 30.1. The second-order valence-electron chi connectivity index (χ2n) is 4.26. The molecule has 0 saturated heterocycles. The topological polar surface area (TPSA) is 37.3 Å². The summed E-state index contributed by atoms with van der Waals surface area (Å²) >= 11 is 0. The van der Waals surface area contributed by atoms with Gasteiger partial charge in [0.2, 0.25) is 0 Å². The van der Waals surface area contributed by atoms with Crippen LogP contribution < -0.4 is 0 Å². The Kier molecular flexibility index (Phi) is 3.57. The number of alkyl halides is 11. The van der Waals surface area contributed by atoms with Crippen LogP contribution in [0.15, 0.2) is 12.2 Å². The van der Waals surface area contributed by atoms with Crippen molar-refractivity contribution in [1.29, 1.82) is 0 Å². The van der Waals surface area contributed by atoms with Gasteiger partial charge >= 0.3 is 35.6 Å². The quantitative estimate of drug-likeness (QED) is 0.610. The average molecular weight is 352 g/mol. The molecule has 128 valence electrons. The maximum absolute atomic E-state index is 13.7. The highest BCUT2D eigenvalue weighted by Crippen LogP contribution is 2.69. The molecule has 1 saturated carbocycles. The van der Waals surface area contributed by atoms with Crippen LogP contribution in [-0.2, 0) is 4.79 Å². The molecular formula is C9H3F11O2. The standard InChI is InChI=1S/C9H3F11O2/c10-4(2-1-3(21)22)5(11,12)7(15,16)9(19,20)8(17,18)6(4,13)14/h1-2H,(H,21,22). The van der Waals surface area contributed by atoms with Crippen molar-refractivity contribution in [2.45, 2.75) is 35.3 Å². The molecule has 0 aliphatic heterocycles. The molecule has 1 N–H and O–H groups in total. The molecule has 0 unspecified atom stereocenters. The molecule has 1 fully saturated rings. The van der Waals surface area contributed by atoms with Gasteiger partial charge < -0.3 is 5.11 Å². The molecule has 0 spiro atoms. The zero-order valence-corrected chi connectivity index (χ0v) is 9.67. The van der Waals surface area contributed by atoms with Gasteiger partial charge in [-0.05, 0) is 6.08 Å². The SMILES string of the molecule is O=C(O)C=CC1(F)C(F)(F)C(F)(F)C(F)(F)C(F)(F)C1(F)F. The first kappa shape index (κ1) is 18.5. The summed E-state index contributed by atoms with van der Waals surface area (Å²) in [5.74, 6) is -38.3. The summed E-state index contributed by atoms with van der Waals surface area (Å²) in [6.45, 7) is 0. The lowest BCUT2D eigenvalue weighted by Gasteiger charge is -2.51. The van der Waals surface area contributed by atoms with E-state index in [1.165, 1.54) is 0 Å². The Morgan fingerprint density at radius 1 is 0.636 bits per heavy atom. The van der Waals surface area contributed by atoms with E-state index in [1.807, 2.05) is 0 Å². The fourth-order valence-electron chi connectivity index (χ4n) is 1.64. The van der Waals surface area contributed by atoms with E-state index in [9.17, 15) is 53.1 Å². The zero-order chi connectivity index (χ0) is 18.0. The molecule has 2 nitrogen and oxygen atoms in total. The minimum Gasteiger partial charge on any atom is -0.478 e. The number of hydrogen-bond acceptors (Lipinski definition) is 1. The third-order valence-electron chi connectivity index (χ3n) is 2.95. The summed E-state index contributed by atoms with van der Waals surface area (Å²) in [7, 11) is 0. The van der Waals surface area contributed by atoms with Crippen molar-refractivity contribution in [2.75, 3.05) is 0 Å². The van der Waals surface area contributed by atoms with E-state index in [0.29, 0.717) is 0 Å². The van der Waals surface area contributed by atoms with Crippen LogP contribution in [0.5, 0.6) is 0 Å². The second kappa shape index (κ2) is 4.25. The molecule has 0 aromatic rings. The van der Waals surface area contributed by atoms with Crippen molar-refractivity contribution < 1.29 is 58.2 Å². The van der Waals surface area contributed by atoms with Crippen LogP contribution in [0.3, 0.4) is 0 Å². The summed E-state index contributed by atoms with van der Waals surface area (Å²) in [6, 6.07) is 0. The second-order valence-corrected chi connectivity index (χ2v) is 4.26. The number of aliphatic carboxylic acids is 1. The van der Waals surface area contributed by atoms with Crippen molar-refractivity contribution in [1.82, 2.24) is 0 Å². The van der Waals surface area contributed by atoms with Crippen molar-refractivity contribution in [2.24, 2.45) is 0 Å². The van der Waals surface area contributed by atoms with Crippen molar-refractivity contribution in [3.05, 3.63) is 12.2 Å². The molecule has 1 aliphatic carbocycles. The summed E-state index contributed by atoms with van der Waals surface area (Å²) in [6.07, 6.45) is -2.41. The summed E-state index contributed by atoms with van der Waals surface area (Å²) in [5, 5.41) is 8.00. The maximum Gasteiger partial charge on any atom is 0.384 e. The van der Waals surface area contributed by atoms with Gasteiger partial charge in [-0.25, -0.2) is 9.18 Å². The number of rotatable bonds is 2. The molecule has 22 heavy (non-hydrogen) atoms. The number of hydrogen-bond donors (Lipinski definition) is 1. The van der Waals surface area contributed by atoms with Crippen LogP contribution in [-0.4, -0.2) is 46.4 Å². The molecule has 0 radical (unpaired) electrons. The van der Waals surface area contributed by atoms with E-state index in [-0.39, 0.29) is 0 Å². The molecule has 0 amide bonds. The number of allylic oxidation sites excluding steroid dienone is 1. The molecule has 1 aliphatic rings. The first-order valence-corrected chi connectivity index (χ1v) is 4.92. The smallest absolute Gasteiger partial charge is 0.384 e. The minimum atomic E-state index is -7.31. The molecule has 0 atom stereocenters. The molecule has 1 rings (SSSR count). The lowest BCUT2D eigenvalue weighted by atomic mass is 9.72. The Bertz CT molecular complexity index is 492. The molecule has 0 aromatic heterocycles. The van der Waals surface area contributed by atoms with Gasteiger partial charge in [0.05, 0.1) is 0 Å². The Morgan fingerprint density at radius 3 is 1.18 bits per heavy atom. The van der Waals surface area contributed by atoms with E-state index in [1.54, 1.807) is 0 Å². The highest BCUT2D eigenvalue weighted by Gasteiger charge is 3.00. The van der Waals surface area contributed by atoms with E-state index in [4.69, 9.17) is 5.11 Å². The van der Waals surface area contributed by atoms with Crippen LogP contribution >= 0.6 is 0 Å². The number of halogens is 11. The highest BCUT2D eigenvalue weighted by molar-refractivity contribution is 5.80. The Labute approximate surface area is 113 Å². The Morgan fingerprint density at radius 2 is 0.909 bits per heavy atom. The van der Waals surface area contributed by atoms with Gasteiger partial charge in [0, 0.05) is 6.08 Å². The number of carboxylic acid groups (broad SMARTS) is 1. The molecule has 13 heteroatoms. The molecule has 0 bridgehead atoms. The average Bonchev–Trinajstić information content (AvgIpc) is 2.33. The van der Waals surface area contributed by atoms with Gasteiger partial charge in [0.15, 0.2) is 0 Å². The zero-order valence-electron chi connectivity index (χ0n) is 9.67. The number of carbonyl (C=O) groups is 1. The highest BCUT2D eigenvalue weighted by atomic mass is 19.4. The van der Waals surface area contributed by atoms with Crippen LogP contribution in [0.25, 0.3) is 0 Å². The predicted octanol–water partition coefficient (Wildman–Crippen LogP) is 3.53. The first-order chi connectivity index (χ1) is 9.42. The van der Waals surface area contributed by atoms with Gasteiger partial charge in [0.25, 0.3) is 5.67 Å². The summed E-state index contributed by atoms with van der Waals surface area (Å²) in [5.41, 5.74) is -6.38. The van der Waals surface area contributed by atoms with Gasteiger partial charge in [0.1, 0.15) is 0 Å². The first-order valence-electron chi connectivity index (χ1n) is 4.92. The van der Waals surface area contributed by atoms with Gasteiger partial charge in [-0.3, -0.25) is 0 Å². The Hall–Kier alpha value is -1.56. The third kappa shape index (κ3) is 1.64. The van der Waals surface area contributed by atoms with E-state index in [0.717, 1.165) is 0 Å². The Balaban J connectivity index is 3.81. The van der Waals surface area contributed by atoms with Gasteiger partial charge in [-0.15, -0.1) is 0 Å². The van der Waals surface area contributed by atoms with Crippen molar-refractivity contribution in [3.63, 3.8) is 0 Å². The van der Waals surface area contributed by atoms with Crippen LogP contribution in [0.2, 0.25) is 0 Å². The molecular weight excluding hydrogens is 349 g/mol. The lowest BCUT2D eigenvalue weighted by Crippen LogP contribution is -2.83. The van der Waals surface area contributed by atoms with Crippen LogP contribution in [0.4, 0.5) is 48.3 Å². The third-order valence-corrected chi connectivity index (χ3v) is 2.95. The minimum absolute atomic E-state index is 0.905. The summed E-state index contributed by atoms with van der Waals surface area (Å²) < 4.78 is 143. The van der Waals surface area contributed by atoms with Crippen molar-refractivity contribution >= 4 is 5.97 Å². The lowest BCUT2D eigenvalue weighted by molar-refractivity contribution is -0.476. The fraction of sp³-hybridized carbons (Fsp3) is 0.667. The van der Waals surface area contributed by atoms with Crippen LogP contribution in [0.1, 0.15) is 0 Å². The monoisotopic (exact) mass is 352 g/mol. The van der Waals surface area contributed by atoms with E-state index >= 15 is 0 Å². The largest absolute Gasteiger partial charge is 0.478 e. The van der Waals surface area contributed by atoms with E-state index < -0.39 is 53.4 Å². The molecule has 0 aromatic carbocycles. The predicted molar refractivity (Wildman–Crippen MR) is 45.3 cm³/mol. The van der Waals surface area contributed by atoms with Crippen molar-refractivity contribution in [3.8, 4) is 0 Å². The maximum atomic E-state index is 13.7. The van der Waals surface area contributed by atoms with Gasteiger partial charge in [-0.1, -0.05) is 0 Å². The van der Waals surface area contributed by atoms with Crippen LogP contribution in [0, 0.1) is 0 Å². The van der Waals surface area contributed by atoms with E-state index in [2.05, 4.69) is 0 Å². The number of carboxylic acids is 1. The summed E-state index contributed by atoms with van der Waals surface area (Å²) in [4.78, 5) is 9.99.